The molecular weight excluding hydrogens is 312 g/mol. The van der Waals surface area contributed by atoms with Gasteiger partial charge in [-0.25, -0.2) is 0 Å². The number of amides is 1. The van der Waals surface area contributed by atoms with Crippen LogP contribution in [-0.4, -0.2) is 17.0 Å². The van der Waals surface area contributed by atoms with Gasteiger partial charge in [0.25, 0.3) is 5.91 Å². The van der Waals surface area contributed by atoms with Gasteiger partial charge >= 0.3 is 0 Å². The largest absolute Gasteiger partial charge is 0.352 e. The van der Waals surface area contributed by atoms with E-state index in [4.69, 9.17) is 0 Å². The Labute approximate surface area is 146 Å². The normalized spacial score (nSPS) is 15.5. The highest BCUT2D eigenvalue weighted by molar-refractivity contribution is 5.98. The van der Waals surface area contributed by atoms with Crippen molar-refractivity contribution in [3.8, 4) is 0 Å². The number of carbonyl (C=O) groups is 1. The average Bonchev–Trinajstić information content (AvgIpc) is 2.95. The van der Waals surface area contributed by atoms with Crippen LogP contribution in [0.4, 0.5) is 0 Å². The first-order valence-corrected chi connectivity index (χ1v) is 8.64. The summed E-state index contributed by atoms with van der Waals surface area (Å²) in [4.78, 5) is 25.3. The van der Waals surface area contributed by atoms with Crippen molar-refractivity contribution in [1.82, 2.24) is 9.88 Å². The maximum atomic E-state index is 12.8. The van der Waals surface area contributed by atoms with E-state index in [1.54, 1.807) is 6.20 Å². The molecule has 3 aromatic rings. The predicted octanol–water partition coefficient (Wildman–Crippen LogP) is 3.09. The molecule has 126 valence electrons. The summed E-state index contributed by atoms with van der Waals surface area (Å²) < 4.78 is 2.07. The van der Waals surface area contributed by atoms with Crippen LogP contribution in [0.3, 0.4) is 0 Å². The van der Waals surface area contributed by atoms with Crippen molar-refractivity contribution in [2.45, 2.75) is 25.8 Å². The Kier molecular flexibility index (Phi) is 3.88. The smallest absolute Gasteiger partial charge is 0.256 e. The van der Waals surface area contributed by atoms with E-state index in [0.717, 1.165) is 23.9 Å². The molecule has 0 saturated carbocycles. The second kappa shape index (κ2) is 6.20. The lowest BCUT2D eigenvalue weighted by Gasteiger charge is -2.12. The minimum atomic E-state index is -0.295. The summed E-state index contributed by atoms with van der Waals surface area (Å²) in [5.74, 6) is -0.295. The SMILES string of the molecule is C[C@H]1Cc2cccc3c(=O)c(C(=O)NCCc4ccccc4)cn1c23. The van der Waals surface area contributed by atoms with Gasteiger partial charge in [0.1, 0.15) is 5.56 Å². The number of nitrogens with one attached hydrogen (secondary N) is 1. The maximum absolute atomic E-state index is 12.8. The highest BCUT2D eigenvalue weighted by Gasteiger charge is 2.24. The zero-order valence-electron chi connectivity index (χ0n) is 14.2. The van der Waals surface area contributed by atoms with Crippen LogP contribution >= 0.6 is 0 Å². The molecule has 1 N–H and O–H groups in total. The Morgan fingerprint density at radius 2 is 1.96 bits per heavy atom. The minimum Gasteiger partial charge on any atom is -0.352 e. The van der Waals surface area contributed by atoms with Gasteiger partial charge < -0.3 is 9.88 Å². The van der Waals surface area contributed by atoms with Crippen LogP contribution in [0.5, 0.6) is 0 Å². The molecular formula is C21H20N2O2. The Balaban J connectivity index is 1.61. The van der Waals surface area contributed by atoms with Crippen LogP contribution in [0, 0.1) is 0 Å². The summed E-state index contributed by atoms with van der Waals surface area (Å²) >= 11 is 0. The van der Waals surface area contributed by atoms with Crippen LogP contribution in [0.15, 0.2) is 59.5 Å². The van der Waals surface area contributed by atoms with Crippen LogP contribution in [-0.2, 0) is 12.8 Å². The first-order valence-electron chi connectivity index (χ1n) is 8.64. The third kappa shape index (κ3) is 2.74. The number of hydrogen-bond donors (Lipinski definition) is 1. The molecule has 4 rings (SSSR count). The molecule has 0 fully saturated rings. The number of pyridine rings is 1. The second-order valence-corrected chi connectivity index (χ2v) is 6.64. The van der Waals surface area contributed by atoms with Gasteiger partial charge in [-0.2, -0.15) is 0 Å². The molecule has 0 unspecified atom stereocenters. The van der Waals surface area contributed by atoms with Crippen molar-refractivity contribution < 1.29 is 4.79 Å². The number of para-hydroxylation sites is 1. The first-order chi connectivity index (χ1) is 12.1. The summed E-state index contributed by atoms with van der Waals surface area (Å²) in [6.07, 6.45) is 3.37. The van der Waals surface area contributed by atoms with Crippen molar-refractivity contribution >= 4 is 16.8 Å². The minimum absolute atomic E-state index is 0.181. The standard InChI is InChI=1S/C21H20N2O2/c1-14-12-16-8-5-9-17-19(16)23(14)13-18(20(17)24)21(25)22-11-10-15-6-3-2-4-7-15/h2-9,13-14H,10-12H2,1H3,(H,22,25)/t14-/m0/s1. The van der Waals surface area contributed by atoms with Gasteiger partial charge in [-0.3, -0.25) is 9.59 Å². The molecule has 1 aliphatic heterocycles. The lowest BCUT2D eigenvalue weighted by atomic mass is 10.1. The Bertz CT molecular complexity index is 1010. The van der Waals surface area contributed by atoms with Gasteiger partial charge in [0, 0.05) is 24.2 Å². The summed E-state index contributed by atoms with van der Waals surface area (Å²) in [6, 6.07) is 16.0. The van der Waals surface area contributed by atoms with Gasteiger partial charge in [0.15, 0.2) is 0 Å². The quantitative estimate of drug-likeness (QED) is 0.798. The molecule has 1 aromatic heterocycles. The highest BCUT2D eigenvalue weighted by atomic mass is 16.2. The van der Waals surface area contributed by atoms with Crippen molar-refractivity contribution in [2.75, 3.05) is 6.54 Å². The van der Waals surface area contributed by atoms with Crippen LogP contribution in [0.2, 0.25) is 0 Å². The highest BCUT2D eigenvalue weighted by Crippen LogP contribution is 2.30. The molecule has 4 heteroatoms. The van der Waals surface area contributed by atoms with Crippen LogP contribution in [0.1, 0.15) is 34.5 Å². The first kappa shape index (κ1) is 15.6. The molecule has 0 radical (unpaired) electrons. The van der Waals surface area contributed by atoms with Crippen molar-refractivity contribution in [1.29, 1.82) is 0 Å². The van der Waals surface area contributed by atoms with Crippen molar-refractivity contribution in [2.24, 2.45) is 0 Å². The fourth-order valence-electron chi connectivity index (χ4n) is 3.64. The summed E-state index contributed by atoms with van der Waals surface area (Å²) in [7, 11) is 0. The molecule has 1 aliphatic rings. The van der Waals surface area contributed by atoms with E-state index >= 15 is 0 Å². The number of carbonyl (C=O) groups excluding carboxylic acids is 1. The Morgan fingerprint density at radius 1 is 1.16 bits per heavy atom. The lowest BCUT2D eigenvalue weighted by Crippen LogP contribution is -2.31. The summed E-state index contributed by atoms with van der Waals surface area (Å²) in [5, 5.41) is 3.52. The molecule has 25 heavy (non-hydrogen) atoms. The summed E-state index contributed by atoms with van der Waals surface area (Å²) in [6.45, 7) is 2.62. The number of nitrogens with zero attached hydrogens (tertiary/aromatic N) is 1. The molecule has 1 amide bonds. The van der Waals surface area contributed by atoms with E-state index in [-0.39, 0.29) is 22.9 Å². The van der Waals surface area contributed by atoms with E-state index in [9.17, 15) is 9.59 Å². The van der Waals surface area contributed by atoms with E-state index in [0.29, 0.717) is 11.9 Å². The van der Waals surface area contributed by atoms with Crippen LogP contribution in [0.25, 0.3) is 10.9 Å². The third-order valence-electron chi connectivity index (χ3n) is 4.91. The maximum Gasteiger partial charge on any atom is 0.256 e. The fraction of sp³-hybridized carbons (Fsp3) is 0.238. The van der Waals surface area contributed by atoms with E-state index < -0.39 is 0 Å². The fourth-order valence-corrected chi connectivity index (χ4v) is 3.64. The van der Waals surface area contributed by atoms with Gasteiger partial charge in [-0.1, -0.05) is 42.5 Å². The van der Waals surface area contributed by atoms with Gasteiger partial charge in [0.05, 0.1) is 5.52 Å². The molecule has 4 nitrogen and oxygen atoms in total. The average molecular weight is 332 g/mol. The Hall–Kier alpha value is -2.88. The van der Waals surface area contributed by atoms with E-state index in [2.05, 4.69) is 22.9 Å². The molecule has 0 spiro atoms. The molecule has 0 bridgehead atoms. The topological polar surface area (TPSA) is 51.1 Å². The van der Waals surface area contributed by atoms with E-state index in [1.165, 1.54) is 5.56 Å². The number of hydrogen-bond acceptors (Lipinski definition) is 2. The zero-order valence-corrected chi connectivity index (χ0v) is 14.2. The second-order valence-electron chi connectivity index (χ2n) is 6.64. The molecule has 2 aromatic carbocycles. The van der Waals surface area contributed by atoms with Crippen LogP contribution < -0.4 is 10.7 Å². The molecule has 2 heterocycles. The van der Waals surface area contributed by atoms with Crippen molar-refractivity contribution in [3.63, 3.8) is 0 Å². The third-order valence-corrected chi connectivity index (χ3v) is 4.91. The monoisotopic (exact) mass is 332 g/mol. The number of benzene rings is 2. The van der Waals surface area contributed by atoms with Gasteiger partial charge in [-0.15, -0.1) is 0 Å². The number of aromatic nitrogens is 1. The molecule has 1 atom stereocenters. The lowest BCUT2D eigenvalue weighted by molar-refractivity contribution is 0.0952. The zero-order chi connectivity index (χ0) is 17.4. The molecule has 0 aliphatic carbocycles. The summed E-state index contributed by atoms with van der Waals surface area (Å²) in [5.41, 5.74) is 3.36. The molecule has 0 saturated heterocycles. The Morgan fingerprint density at radius 3 is 2.76 bits per heavy atom. The van der Waals surface area contributed by atoms with Gasteiger partial charge in [-0.05, 0) is 37.0 Å². The van der Waals surface area contributed by atoms with E-state index in [1.807, 2.05) is 42.5 Å². The van der Waals surface area contributed by atoms with Gasteiger partial charge in [0.2, 0.25) is 5.43 Å². The number of rotatable bonds is 4. The van der Waals surface area contributed by atoms with Crippen molar-refractivity contribution in [3.05, 3.63) is 81.6 Å². The predicted molar refractivity (Wildman–Crippen MR) is 99.1 cm³/mol.